The smallest absolute Gasteiger partial charge is 0.166 e. The number of aryl methyl sites for hydroxylation is 3. The minimum atomic E-state index is -0.928. The number of aromatic nitrogens is 1. The summed E-state index contributed by atoms with van der Waals surface area (Å²) in [7, 11) is 0. The molecular formula is C31H28FNO3. The number of ketones is 2. The fourth-order valence-corrected chi connectivity index (χ4v) is 4.58. The highest BCUT2D eigenvalue weighted by Crippen LogP contribution is 2.49. The number of Topliss-reactive ketones (excluding diaryl/α,β-unsaturated/α-hetero) is 2. The first kappa shape index (κ1) is 23.9. The summed E-state index contributed by atoms with van der Waals surface area (Å²) in [6, 6.07) is 18.0. The Labute approximate surface area is 210 Å². The van der Waals surface area contributed by atoms with Gasteiger partial charge in [0, 0.05) is 24.4 Å². The Morgan fingerprint density at radius 3 is 2.14 bits per heavy atom. The van der Waals surface area contributed by atoms with Gasteiger partial charge in [-0.15, -0.1) is 0 Å². The van der Waals surface area contributed by atoms with Gasteiger partial charge >= 0.3 is 0 Å². The van der Waals surface area contributed by atoms with E-state index < -0.39 is 11.2 Å². The van der Waals surface area contributed by atoms with E-state index >= 15 is 4.39 Å². The van der Waals surface area contributed by atoms with E-state index in [1.807, 2.05) is 57.2 Å². The zero-order chi connectivity index (χ0) is 25.4. The van der Waals surface area contributed by atoms with Crippen LogP contribution in [0.2, 0.25) is 0 Å². The van der Waals surface area contributed by atoms with Gasteiger partial charge in [-0.05, 0) is 86.2 Å². The molecule has 3 aromatic carbocycles. The van der Waals surface area contributed by atoms with Crippen molar-refractivity contribution in [3.05, 3.63) is 100 Å². The van der Waals surface area contributed by atoms with Gasteiger partial charge in [-0.1, -0.05) is 35.9 Å². The molecule has 4 aromatic rings. The average molecular weight is 482 g/mol. The summed E-state index contributed by atoms with van der Waals surface area (Å²) in [6.45, 7) is 6.02. The lowest BCUT2D eigenvalue weighted by atomic mass is 9.87. The van der Waals surface area contributed by atoms with E-state index in [4.69, 9.17) is 4.74 Å². The minimum Gasteiger partial charge on any atom is -0.454 e. The number of carbonyl (C=O) groups is 2. The van der Waals surface area contributed by atoms with Crippen LogP contribution < -0.4 is 4.74 Å². The summed E-state index contributed by atoms with van der Waals surface area (Å²) in [5, 5.41) is 0.807. The zero-order valence-corrected chi connectivity index (χ0v) is 20.7. The average Bonchev–Trinajstić information content (AvgIpc) is 3.66. The molecule has 5 heteroatoms. The molecule has 0 saturated heterocycles. The van der Waals surface area contributed by atoms with Crippen molar-refractivity contribution in [2.24, 2.45) is 5.41 Å². The Bertz CT molecular complexity index is 1490. The van der Waals surface area contributed by atoms with Crippen LogP contribution >= 0.6 is 0 Å². The predicted molar refractivity (Wildman–Crippen MR) is 138 cm³/mol. The summed E-state index contributed by atoms with van der Waals surface area (Å²) >= 11 is 0. The molecule has 0 unspecified atom stereocenters. The van der Waals surface area contributed by atoms with E-state index in [0.717, 1.165) is 33.2 Å². The lowest BCUT2D eigenvalue weighted by molar-refractivity contribution is -0.133. The second kappa shape index (κ2) is 9.30. The summed E-state index contributed by atoms with van der Waals surface area (Å²) in [6.07, 6.45) is 3.03. The number of fused-ring (bicyclic) bond motifs is 1. The fraction of sp³-hybridized carbons (Fsp3) is 0.258. The Kier molecular flexibility index (Phi) is 6.17. The standard InChI is InChI=1S/C31H28FNO3/c1-19-4-6-22(7-5-19)17-29(34)31(11-12-31)30(35)18-23-8-9-28(25(32)16-23)36-27-10-13-33-26-15-21(3)20(2)14-24(26)27/h4-10,13-16H,11-12,17-18H2,1-3H3. The van der Waals surface area contributed by atoms with Gasteiger partial charge in [0.05, 0.1) is 10.9 Å². The SMILES string of the molecule is Cc1ccc(CC(=O)C2(C(=O)Cc3ccc(Oc4ccnc5cc(C)c(C)cc45)c(F)c3)CC2)cc1. The molecule has 0 atom stereocenters. The van der Waals surface area contributed by atoms with Crippen molar-refractivity contribution in [1.82, 2.24) is 4.98 Å². The largest absolute Gasteiger partial charge is 0.454 e. The van der Waals surface area contributed by atoms with E-state index in [0.29, 0.717) is 24.2 Å². The lowest BCUT2D eigenvalue weighted by Crippen LogP contribution is -2.28. The van der Waals surface area contributed by atoms with E-state index in [9.17, 15) is 9.59 Å². The molecule has 0 bridgehead atoms. The van der Waals surface area contributed by atoms with Gasteiger partial charge in [-0.3, -0.25) is 14.6 Å². The monoisotopic (exact) mass is 481 g/mol. The molecule has 1 saturated carbocycles. The molecule has 4 nitrogen and oxygen atoms in total. The normalized spacial score (nSPS) is 14.0. The molecule has 1 heterocycles. The summed E-state index contributed by atoms with van der Waals surface area (Å²) in [5.74, 6) is -0.145. The molecule has 1 aromatic heterocycles. The molecule has 0 radical (unpaired) electrons. The topological polar surface area (TPSA) is 56.3 Å². The third-order valence-corrected chi connectivity index (χ3v) is 7.20. The van der Waals surface area contributed by atoms with Gasteiger partial charge in [0.1, 0.15) is 5.75 Å². The van der Waals surface area contributed by atoms with Crippen molar-refractivity contribution in [1.29, 1.82) is 0 Å². The van der Waals surface area contributed by atoms with Crippen LogP contribution in [-0.2, 0) is 22.4 Å². The molecular weight excluding hydrogens is 453 g/mol. The van der Waals surface area contributed by atoms with Crippen molar-refractivity contribution >= 4 is 22.5 Å². The molecule has 182 valence electrons. The van der Waals surface area contributed by atoms with Gasteiger partial charge in [-0.2, -0.15) is 0 Å². The van der Waals surface area contributed by atoms with Gasteiger partial charge in [0.15, 0.2) is 23.1 Å². The number of benzene rings is 3. The van der Waals surface area contributed by atoms with E-state index in [1.165, 1.54) is 6.07 Å². The highest BCUT2D eigenvalue weighted by molar-refractivity contribution is 6.10. The number of ether oxygens (including phenoxy) is 1. The molecule has 0 aliphatic heterocycles. The predicted octanol–water partition coefficient (Wildman–Crippen LogP) is 6.80. The van der Waals surface area contributed by atoms with Crippen LogP contribution in [0.15, 0.2) is 66.9 Å². The molecule has 36 heavy (non-hydrogen) atoms. The van der Waals surface area contributed by atoms with Gasteiger partial charge < -0.3 is 4.74 Å². The highest BCUT2D eigenvalue weighted by atomic mass is 19.1. The molecule has 0 amide bonds. The Morgan fingerprint density at radius 1 is 0.833 bits per heavy atom. The second-order valence-electron chi connectivity index (χ2n) is 9.90. The number of pyridine rings is 1. The van der Waals surface area contributed by atoms with Crippen LogP contribution in [0.5, 0.6) is 11.5 Å². The van der Waals surface area contributed by atoms with Gasteiger partial charge in [0.25, 0.3) is 0 Å². The first-order chi connectivity index (χ1) is 17.2. The first-order valence-electron chi connectivity index (χ1n) is 12.2. The van der Waals surface area contributed by atoms with Crippen LogP contribution in [0, 0.1) is 32.0 Å². The Balaban J connectivity index is 1.30. The molecule has 1 aliphatic rings. The maximum atomic E-state index is 15.0. The maximum absolute atomic E-state index is 15.0. The third-order valence-electron chi connectivity index (χ3n) is 7.20. The number of rotatable bonds is 8. The quantitative estimate of drug-likeness (QED) is 0.260. The third kappa shape index (κ3) is 4.66. The zero-order valence-electron chi connectivity index (χ0n) is 20.7. The van der Waals surface area contributed by atoms with E-state index in [1.54, 1.807) is 24.4 Å². The molecule has 1 aliphatic carbocycles. The number of hydrogen-bond donors (Lipinski definition) is 0. The van der Waals surface area contributed by atoms with Crippen molar-refractivity contribution in [3.8, 4) is 11.5 Å². The molecule has 0 N–H and O–H groups in total. The number of nitrogens with zero attached hydrogens (tertiary/aromatic N) is 1. The highest BCUT2D eigenvalue weighted by Gasteiger charge is 2.54. The molecule has 5 rings (SSSR count). The van der Waals surface area contributed by atoms with Gasteiger partial charge in [0.2, 0.25) is 0 Å². The fourth-order valence-electron chi connectivity index (χ4n) is 4.58. The van der Waals surface area contributed by atoms with Crippen molar-refractivity contribution in [3.63, 3.8) is 0 Å². The number of halogens is 1. The lowest BCUT2D eigenvalue weighted by Gasteiger charge is -2.14. The molecule has 0 spiro atoms. The van der Waals surface area contributed by atoms with Crippen molar-refractivity contribution < 1.29 is 18.7 Å². The minimum absolute atomic E-state index is 0.0213. The number of carbonyl (C=O) groups excluding carboxylic acids is 2. The van der Waals surface area contributed by atoms with E-state index in [-0.39, 0.29) is 30.2 Å². The van der Waals surface area contributed by atoms with Gasteiger partial charge in [-0.25, -0.2) is 4.39 Å². The summed E-state index contributed by atoms with van der Waals surface area (Å²) < 4.78 is 20.9. The first-order valence-corrected chi connectivity index (χ1v) is 12.2. The summed E-state index contributed by atoms with van der Waals surface area (Å²) in [4.78, 5) is 30.5. The van der Waals surface area contributed by atoms with Crippen LogP contribution in [0.25, 0.3) is 10.9 Å². The second-order valence-corrected chi connectivity index (χ2v) is 9.90. The Morgan fingerprint density at radius 2 is 1.47 bits per heavy atom. The van der Waals surface area contributed by atoms with Crippen LogP contribution in [0.3, 0.4) is 0 Å². The Hall–Kier alpha value is -3.86. The van der Waals surface area contributed by atoms with Crippen LogP contribution in [0.1, 0.15) is 40.7 Å². The van der Waals surface area contributed by atoms with Crippen LogP contribution in [-0.4, -0.2) is 16.6 Å². The van der Waals surface area contributed by atoms with E-state index in [2.05, 4.69) is 4.98 Å². The number of hydrogen-bond acceptors (Lipinski definition) is 4. The van der Waals surface area contributed by atoms with Crippen molar-refractivity contribution in [2.45, 2.75) is 46.5 Å². The van der Waals surface area contributed by atoms with Crippen LogP contribution in [0.4, 0.5) is 4.39 Å². The molecule has 1 fully saturated rings. The maximum Gasteiger partial charge on any atom is 0.166 e. The summed E-state index contributed by atoms with van der Waals surface area (Å²) in [5.41, 5.74) is 4.64. The van der Waals surface area contributed by atoms with Crippen molar-refractivity contribution in [2.75, 3.05) is 0 Å².